The van der Waals surface area contributed by atoms with Gasteiger partial charge < -0.3 is 20.1 Å². The monoisotopic (exact) mass is 393 g/mol. The Morgan fingerprint density at radius 3 is 2.41 bits per heavy atom. The van der Waals surface area contributed by atoms with E-state index in [1.165, 1.54) is 13.2 Å². The lowest BCUT2D eigenvalue weighted by molar-refractivity contribution is -0.118. The van der Waals surface area contributed by atoms with E-state index in [1.807, 2.05) is 37.3 Å². The van der Waals surface area contributed by atoms with Crippen LogP contribution in [0, 0.1) is 18.3 Å². The maximum absolute atomic E-state index is 12.0. The van der Waals surface area contributed by atoms with Crippen molar-refractivity contribution in [2.45, 2.75) is 6.92 Å². The molecule has 2 amide bonds. The zero-order valence-corrected chi connectivity index (χ0v) is 16.4. The first kappa shape index (κ1) is 21.7. The van der Waals surface area contributed by atoms with E-state index < -0.39 is 5.91 Å². The van der Waals surface area contributed by atoms with Gasteiger partial charge in [0.25, 0.3) is 11.8 Å². The molecule has 0 aliphatic rings. The Morgan fingerprint density at radius 1 is 1.10 bits per heavy atom. The molecule has 0 saturated carbocycles. The highest BCUT2D eigenvalue weighted by molar-refractivity contribution is 6.01. The van der Waals surface area contributed by atoms with Gasteiger partial charge in [0.1, 0.15) is 17.4 Å². The lowest BCUT2D eigenvalue weighted by atomic mass is 10.1. The van der Waals surface area contributed by atoms with E-state index in [2.05, 4.69) is 10.6 Å². The number of methoxy groups -OCH3 is 1. The molecule has 0 fully saturated rings. The van der Waals surface area contributed by atoms with Crippen molar-refractivity contribution in [3.8, 4) is 11.8 Å². The summed E-state index contributed by atoms with van der Waals surface area (Å²) >= 11 is 0. The average molecular weight is 393 g/mol. The van der Waals surface area contributed by atoms with Crippen molar-refractivity contribution in [1.82, 2.24) is 5.32 Å². The largest absolute Gasteiger partial charge is 0.484 e. The number of rotatable bonds is 9. The standard InChI is InChI=1S/C22H23N3O4/c1-16-3-7-19(8-4-16)25-21(26)15-29-20-9-5-17(6-10-20)13-18(14-23)22(27)24-11-12-28-2/h3-10,13H,11-12,15H2,1-2H3,(H,24,27)(H,25,26)/b18-13+. The molecule has 150 valence electrons. The van der Waals surface area contributed by atoms with Crippen molar-refractivity contribution in [3.05, 3.63) is 65.2 Å². The molecule has 0 aliphatic heterocycles. The fourth-order valence-corrected chi connectivity index (χ4v) is 2.32. The first-order valence-electron chi connectivity index (χ1n) is 9.00. The second-order valence-corrected chi connectivity index (χ2v) is 6.19. The van der Waals surface area contributed by atoms with Crippen LogP contribution in [0.25, 0.3) is 6.08 Å². The molecule has 0 spiro atoms. The highest BCUT2D eigenvalue weighted by Gasteiger charge is 2.08. The fourth-order valence-electron chi connectivity index (χ4n) is 2.32. The SMILES string of the molecule is COCCNC(=O)/C(C#N)=C/c1ccc(OCC(=O)Nc2ccc(C)cc2)cc1. The summed E-state index contributed by atoms with van der Waals surface area (Å²) < 4.78 is 10.3. The zero-order chi connectivity index (χ0) is 21.1. The summed E-state index contributed by atoms with van der Waals surface area (Å²) in [5.74, 6) is -0.223. The van der Waals surface area contributed by atoms with Crippen molar-refractivity contribution >= 4 is 23.6 Å². The number of ether oxygens (including phenoxy) is 2. The van der Waals surface area contributed by atoms with E-state index in [-0.39, 0.29) is 18.1 Å². The second-order valence-electron chi connectivity index (χ2n) is 6.19. The van der Waals surface area contributed by atoms with Crippen LogP contribution < -0.4 is 15.4 Å². The van der Waals surface area contributed by atoms with Crippen LogP contribution in [0.2, 0.25) is 0 Å². The normalized spacial score (nSPS) is 10.7. The topological polar surface area (TPSA) is 100 Å². The summed E-state index contributed by atoms with van der Waals surface area (Å²) in [5.41, 5.74) is 2.48. The molecule has 2 N–H and O–H groups in total. The van der Waals surface area contributed by atoms with Gasteiger partial charge in [-0.25, -0.2) is 0 Å². The number of hydrogen-bond donors (Lipinski definition) is 2. The number of nitrogens with zero attached hydrogens (tertiary/aromatic N) is 1. The zero-order valence-electron chi connectivity index (χ0n) is 16.4. The van der Waals surface area contributed by atoms with Crippen LogP contribution in [0.4, 0.5) is 5.69 Å². The number of nitrogens with one attached hydrogen (secondary N) is 2. The van der Waals surface area contributed by atoms with Crippen LogP contribution in [0.5, 0.6) is 5.75 Å². The quantitative estimate of drug-likeness (QED) is 0.388. The van der Waals surface area contributed by atoms with Gasteiger partial charge in [0.05, 0.1) is 6.61 Å². The van der Waals surface area contributed by atoms with E-state index in [4.69, 9.17) is 9.47 Å². The number of amides is 2. The summed E-state index contributed by atoms with van der Waals surface area (Å²) in [6, 6.07) is 16.1. The van der Waals surface area contributed by atoms with Crippen LogP contribution >= 0.6 is 0 Å². The summed E-state index contributed by atoms with van der Waals surface area (Å²) in [6.45, 7) is 2.54. The Labute approximate surface area is 169 Å². The number of carbonyl (C=O) groups excluding carboxylic acids is 2. The van der Waals surface area contributed by atoms with Gasteiger partial charge in [0.15, 0.2) is 6.61 Å². The maximum atomic E-state index is 12.0. The molecule has 0 heterocycles. The Bertz CT molecular complexity index is 897. The van der Waals surface area contributed by atoms with Crippen molar-refractivity contribution in [3.63, 3.8) is 0 Å². The predicted molar refractivity (Wildman–Crippen MR) is 110 cm³/mol. The smallest absolute Gasteiger partial charge is 0.262 e. The third kappa shape index (κ3) is 7.48. The van der Waals surface area contributed by atoms with E-state index in [0.717, 1.165) is 5.56 Å². The fraction of sp³-hybridized carbons (Fsp3) is 0.227. The molecule has 7 heteroatoms. The highest BCUT2D eigenvalue weighted by Crippen LogP contribution is 2.15. The summed E-state index contributed by atoms with van der Waals surface area (Å²) in [7, 11) is 1.53. The number of hydrogen-bond acceptors (Lipinski definition) is 5. The molecule has 0 saturated heterocycles. The van der Waals surface area contributed by atoms with Crippen LogP contribution in [-0.2, 0) is 14.3 Å². The number of anilines is 1. The molecule has 2 aromatic rings. The Morgan fingerprint density at radius 2 is 1.79 bits per heavy atom. The highest BCUT2D eigenvalue weighted by atomic mass is 16.5. The lowest BCUT2D eigenvalue weighted by Crippen LogP contribution is -2.27. The van der Waals surface area contributed by atoms with E-state index in [1.54, 1.807) is 24.3 Å². The number of benzene rings is 2. The van der Waals surface area contributed by atoms with E-state index in [0.29, 0.717) is 30.2 Å². The molecular formula is C22H23N3O4. The van der Waals surface area contributed by atoms with Crippen LogP contribution in [0.15, 0.2) is 54.1 Å². The minimum Gasteiger partial charge on any atom is -0.484 e. The summed E-state index contributed by atoms with van der Waals surface area (Å²) in [6.07, 6.45) is 1.48. The number of carbonyl (C=O) groups is 2. The summed E-state index contributed by atoms with van der Waals surface area (Å²) in [4.78, 5) is 23.9. The predicted octanol–water partition coefficient (Wildman–Crippen LogP) is 2.68. The lowest BCUT2D eigenvalue weighted by Gasteiger charge is -2.08. The Hall–Kier alpha value is -3.63. The van der Waals surface area contributed by atoms with Gasteiger partial charge in [-0.2, -0.15) is 5.26 Å². The molecule has 0 atom stereocenters. The van der Waals surface area contributed by atoms with Crippen molar-refractivity contribution in [2.75, 3.05) is 32.2 Å². The Balaban J connectivity index is 1.88. The van der Waals surface area contributed by atoms with Crippen molar-refractivity contribution in [2.24, 2.45) is 0 Å². The van der Waals surface area contributed by atoms with Crippen LogP contribution in [0.1, 0.15) is 11.1 Å². The first-order chi connectivity index (χ1) is 14.0. The Kier molecular flexibility index (Phi) is 8.42. The van der Waals surface area contributed by atoms with Gasteiger partial charge in [0, 0.05) is 19.3 Å². The van der Waals surface area contributed by atoms with Gasteiger partial charge in [-0.05, 0) is 42.8 Å². The molecule has 7 nitrogen and oxygen atoms in total. The molecule has 2 rings (SSSR count). The molecule has 0 aliphatic carbocycles. The minimum absolute atomic E-state index is 0.00718. The van der Waals surface area contributed by atoms with Gasteiger partial charge in [0.2, 0.25) is 0 Å². The van der Waals surface area contributed by atoms with Crippen LogP contribution in [0.3, 0.4) is 0 Å². The molecule has 0 unspecified atom stereocenters. The molecule has 2 aromatic carbocycles. The number of aryl methyl sites for hydroxylation is 1. The third-order valence-electron chi connectivity index (χ3n) is 3.85. The van der Waals surface area contributed by atoms with Gasteiger partial charge in [-0.1, -0.05) is 29.8 Å². The van der Waals surface area contributed by atoms with E-state index in [9.17, 15) is 14.9 Å². The maximum Gasteiger partial charge on any atom is 0.262 e. The van der Waals surface area contributed by atoms with Crippen LogP contribution in [-0.4, -0.2) is 38.7 Å². The third-order valence-corrected chi connectivity index (χ3v) is 3.85. The van der Waals surface area contributed by atoms with E-state index >= 15 is 0 Å². The van der Waals surface area contributed by atoms with Gasteiger partial charge >= 0.3 is 0 Å². The molecule has 29 heavy (non-hydrogen) atoms. The summed E-state index contributed by atoms with van der Waals surface area (Å²) in [5, 5.41) is 14.5. The molecular weight excluding hydrogens is 370 g/mol. The van der Waals surface area contributed by atoms with Gasteiger partial charge in [-0.3, -0.25) is 9.59 Å². The van der Waals surface area contributed by atoms with Gasteiger partial charge in [-0.15, -0.1) is 0 Å². The first-order valence-corrected chi connectivity index (χ1v) is 9.00. The average Bonchev–Trinajstić information content (AvgIpc) is 2.73. The van der Waals surface area contributed by atoms with Crippen molar-refractivity contribution < 1.29 is 19.1 Å². The number of nitriles is 1. The molecule has 0 aromatic heterocycles. The second kappa shape index (κ2) is 11.3. The molecule has 0 bridgehead atoms. The molecule has 0 radical (unpaired) electrons. The van der Waals surface area contributed by atoms with Crippen molar-refractivity contribution in [1.29, 1.82) is 5.26 Å². The minimum atomic E-state index is -0.461.